The van der Waals surface area contributed by atoms with Gasteiger partial charge in [-0.15, -0.1) is 0 Å². The van der Waals surface area contributed by atoms with Gasteiger partial charge < -0.3 is 37.9 Å². The molecule has 703 valence electrons. The van der Waals surface area contributed by atoms with Gasteiger partial charge >= 0.3 is 79.4 Å². The summed E-state index contributed by atoms with van der Waals surface area (Å²) in [4.78, 5) is 23.2. The van der Waals surface area contributed by atoms with Crippen LogP contribution in [-0.2, 0) is 10.8 Å². The van der Waals surface area contributed by atoms with Crippen molar-refractivity contribution in [1.29, 1.82) is 0 Å². The van der Waals surface area contributed by atoms with Gasteiger partial charge in [0, 0.05) is 83.0 Å². The van der Waals surface area contributed by atoms with Gasteiger partial charge in [-0.05, 0) is 211 Å². The molecule has 0 atom stereocenters. The molecular formula is C124H107Al5N5O10. The van der Waals surface area contributed by atoms with Crippen LogP contribution in [0, 0.1) is 48.5 Å². The van der Waals surface area contributed by atoms with E-state index in [9.17, 15) is 0 Å². The molecular weight excluding hydrogens is 1850 g/mol. The molecule has 5 heterocycles. The number of aryl methyl sites for hydroxylation is 7. The maximum atomic E-state index is 6.58. The monoisotopic (exact) mass is 1960 g/mol. The number of rotatable bonds is 25. The normalized spacial score (nSPS) is 11.0. The van der Waals surface area contributed by atoms with Crippen LogP contribution >= 0.6 is 0 Å². The average Bonchev–Trinajstić information content (AvgIpc) is 0.774. The van der Waals surface area contributed by atoms with Gasteiger partial charge in [-0.1, -0.05) is 363 Å². The predicted octanol–water partition coefficient (Wildman–Crippen LogP) is 30.4. The summed E-state index contributed by atoms with van der Waals surface area (Å²) in [6.07, 6.45) is 0. The van der Waals surface area contributed by atoms with Gasteiger partial charge in [0.2, 0.25) is 0 Å². The lowest BCUT2D eigenvalue weighted by Gasteiger charge is -2.26. The molecule has 0 aliphatic heterocycles. The Balaban J connectivity index is 0.000000125. The Bertz CT molecular complexity index is 7830. The van der Waals surface area contributed by atoms with Crippen molar-refractivity contribution in [3.8, 4) is 113 Å². The minimum atomic E-state index is -0.850. The van der Waals surface area contributed by atoms with Crippen LogP contribution in [0.2, 0.25) is 0 Å². The van der Waals surface area contributed by atoms with Gasteiger partial charge in [0.1, 0.15) is 56.3 Å². The van der Waals surface area contributed by atoms with E-state index in [1.54, 1.807) is 0 Å². The van der Waals surface area contributed by atoms with Gasteiger partial charge in [-0.25, -0.2) is 24.9 Å². The fourth-order valence-electron chi connectivity index (χ4n) is 16.6. The van der Waals surface area contributed by atoms with Gasteiger partial charge in [0.15, 0.2) is 0 Å². The molecule has 0 spiro atoms. The van der Waals surface area contributed by atoms with E-state index in [0.29, 0.717) is 0 Å². The fraction of sp³-hybridized carbons (Fsp3) is 0.121. The molecule has 15 nitrogen and oxygen atoms in total. The molecule has 21 rings (SSSR count). The van der Waals surface area contributed by atoms with Crippen molar-refractivity contribution in [2.75, 3.05) is 0 Å². The number of nitrogens with zero attached hydrogens (tertiary/aromatic N) is 5. The van der Waals surface area contributed by atoms with Crippen LogP contribution in [0.4, 0.5) is 0 Å². The van der Waals surface area contributed by atoms with Crippen LogP contribution in [0.25, 0.3) is 121 Å². The summed E-state index contributed by atoms with van der Waals surface area (Å²) in [5.41, 5.74) is 25.1. The predicted molar refractivity (Wildman–Crippen MR) is 591 cm³/mol. The number of hydrogen-bond acceptors (Lipinski definition) is 15. The van der Waals surface area contributed by atoms with Crippen molar-refractivity contribution in [1.82, 2.24) is 24.9 Å². The van der Waals surface area contributed by atoms with E-state index in [0.717, 1.165) is 218 Å². The van der Waals surface area contributed by atoms with Crippen LogP contribution in [0.1, 0.15) is 92.3 Å². The zero-order chi connectivity index (χ0) is 99.9. The number of fused-ring (bicyclic) bond motifs is 6. The van der Waals surface area contributed by atoms with E-state index in [1.165, 1.54) is 11.1 Å². The third-order valence-corrected chi connectivity index (χ3v) is 27.7. The summed E-state index contributed by atoms with van der Waals surface area (Å²) >= 11 is -3.64. The second-order valence-electron chi connectivity index (χ2n) is 36.9. The summed E-state index contributed by atoms with van der Waals surface area (Å²) < 4.78 is 61.2. The van der Waals surface area contributed by atoms with Crippen molar-refractivity contribution < 1.29 is 37.9 Å². The molecule has 0 saturated heterocycles. The van der Waals surface area contributed by atoms with E-state index in [2.05, 4.69) is 256 Å². The molecule has 5 radical (unpaired) electrons. The smallest absolute Gasteiger partial charge is 0.616 e. The van der Waals surface area contributed by atoms with E-state index in [4.69, 9.17) is 42.9 Å². The Hall–Kier alpha value is -14.5. The first kappa shape index (κ1) is 101. The number of benzene rings is 16. The highest BCUT2D eigenvalue weighted by Gasteiger charge is 2.26. The molecule has 20 heteroatoms. The van der Waals surface area contributed by atoms with Crippen molar-refractivity contribution in [3.63, 3.8) is 0 Å². The Morgan fingerprint density at radius 1 is 0.188 bits per heavy atom. The Kier molecular flexibility index (Phi) is 33.7. The van der Waals surface area contributed by atoms with Gasteiger partial charge in [-0.3, -0.25) is 0 Å². The minimum Gasteiger partial charge on any atom is -0.616 e. The van der Waals surface area contributed by atoms with Gasteiger partial charge in [-0.2, -0.15) is 0 Å². The second kappa shape index (κ2) is 48.0. The maximum absolute atomic E-state index is 6.58. The largest absolute Gasteiger partial charge is 0.881 e. The third-order valence-electron chi connectivity index (χ3n) is 24.2. The quantitative estimate of drug-likeness (QED) is 0.0498. The standard InChI is InChI=1S/C24H18O.C18H14O.C14H22O.5C10H9NO.C10H8O.C8H10O.5Al/c25-24-22(19-12-6-2-7-13-19)16-21(18-10-4-1-5-11-18)17-23(24)20-14-8-3-9-15-20;19-18-16(14-8-3-1-4-9-14)12-7-13-17(18)15-10-5-2-6-11-15;1-13(2,3)10-7-11(14(4,5)6)9-12(15)8-10;5*1-7-5-6-8-3-2-4-9(12)10(8)11-7;11-10-7-3-5-8-4-1-2-6-9(8)10;1-6-4-3-5-7(2)8(6)9;;;;;/h1-17,25H;1-13,19H;7-9,15H,1-6H3;5*2-6,12H,1H3;1-7,11H;3-5,9H,1-2H3;;;;;/q;;;;;;;;;;5*+2/p-10. The van der Waals surface area contributed by atoms with Crippen molar-refractivity contribution in [2.24, 2.45) is 0 Å². The molecule has 0 N–H and O–H groups in total. The van der Waals surface area contributed by atoms with Crippen molar-refractivity contribution in [2.45, 2.75) is 101 Å². The van der Waals surface area contributed by atoms with E-state index < -0.39 is 79.4 Å². The third kappa shape index (κ3) is 26.1. The molecule has 0 bridgehead atoms. The average molecular weight is 1960 g/mol. The van der Waals surface area contributed by atoms with Crippen LogP contribution in [0.3, 0.4) is 0 Å². The number of aromatic nitrogens is 5. The Morgan fingerprint density at radius 3 is 0.792 bits per heavy atom. The van der Waals surface area contributed by atoms with Crippen LogP contribution in [0.5, 0.6) is 57.5 Å². The molecule has 0 amide bonds. The number of hydrogen-bond donors (Lipinski definition) is 0. The van der Waals surface area contributed by atoms with Crippen LogP contribution in [0.15, 0.2) is 413 Å². The molecule has 16 aromatic carbocycles. The topological polar surface area (TPSA) is 157 Å². The zero-order valence-corrected chi connectivity index (χ0v) is 88.7. The van der Waals surface area contributed by atoms with E-state index >= 15 is 0 Å². The summed E-state index contributed by atoms with van der Waals surface area (Å²) in [6, 6.07) is 140. The highest BCUT2D eigenvalue weighted by atomic mass is 27.2. The van der Waals surface area contributed by atoms with E-state index in [-0.39, 0.29) is 10.8 Å². The molecule has 0 aliphatic carbocycles. The molecule has 144 heavy (non-hydrogen) atoms. The van der Waals surface area contributed by atoms with Gasteiger partial charge in [0.25, 0.3) is 0 Å². The number of pyridine rings is 5. The highest BCUT2D eigenvalue weighted by molar-refractivity contribution is 6.24. The molecule has 5 aromatic heterocycles. The Labute approximate surface area is 877 Å². The SMILES string of the molecule is Cc1ccc2cccc([O][Al][O]c3c(-c4ccccc4)cc(-c4ccccc4)cc3-c3ccccc3)c2n1.Cc1ccc2cccc([O][Al][O]c3c(-c4ccccc4)cccc3-c3ccccc3)c2n1.Cc1ccc2cccc([O][Al][O]c3c(C)cccc3C)c2n1.Cc1ccc2cccc([O][Al][O]c3cc(C(C)(C)C)cc(C(C)(C)C)c3)c2n1.Cc1ccc2cccc([O][Al][O]c3cccc4ccccc34)c2n1. The molecule has 0 aliphatic rings. The first-order valence-corrected chi connectivity index (χ1v) is 52.6. The first-order valence-electron chi connectivity index (χ1n) is 47.9. The lowest BCUT2D eigenvalue weighted by atomic mass is 9.80. The Morgan fingerprint density at radius 2 is 0.444 bits per heavy atom. The summed E-state index contributed by atoms with van der Waals surface area (Å²) in [6.45, 7) is 27.4. The summed E-state index contributed by atoms with van der Waals surface area (Å²) in [5.74, 6) is 8.12. The molecule has 0 fully saturated rings. The lowest BCUT2D eigenvalue weighted by molar-refractivity contribution is 0.456. The highest BCUT2D eigenvalue weighted by Crippen LogP contribution is 2.45. The number of para-hydroxylation sites is 7. The molecule has 0 unspecified atom stereocenters. The molecule has 0 saturated carbocycles. The van der Waals surface area contributed by atoms with Crippen LogP contribution < -0.4 is 37.9 Å². The summed E-state index contributed by atoms with van der Waals surface area (Å²) in [5, 5.41) is 7.60. The van der Waals surface area contributed by atoms with Crippen LogP contribution in [-0.4, -0.2) is 104 Å². The zero-order valence-electron chi connectivity index (χ0n) is 83.0. The van der Waals surface area contributed by atoms with Crippen molar-refractivity contribution >= 4 is 145 Å². The van der Waals surface area contributed by atoms with E-state index in [1.807, 2.05) is 267 Å². The fourth-order valence-corrected chi connectivity index (χ4v) is 20.0. The lowest BCUT2D eigenvalue weighted by Crippen LogP contribution is -2.18. The maximum Gasteiger partial charge on any atom is 0.881 e. The summed E-state index contributed by atoms with van der Waals surface area (Å²) in [7, 11) is 0. The van der Waals surface area contributed by atoms with Gasteiger partial charge in [0.05, 0.1) is 28.7 Å². The molecule has 21 aromatic rings. The van der Waals surface area contributed by atoms with Crippen molar-refractivity contribution in [3.05, 3.63) is 463 Å². The second-order valence-corrected chi connectivity index (χ2v) is 40.2. The minimum absolute atomic E-state index is 0.0621. The first-order chi connectivity index (χ1) is 70.0.